The van der Waals surface area contributed by atoms with Gasteiger partial charge < -0.3 is 4.57 Å². The normalized spacial score (nSPS) is 22.7. The lowest BCUT2D eigenvalue weighted by atomic mass is 10.2. The summed E-state index contributed by atoms with van der Waals surface area (Å²) in [6.45, 7) is 0.584. The van der Waals surface area contributed by atoms with Crippen LogP contribution >= 0.6 is 92.8 Å². The second-order valence-corrected chi connectivity index (χ2v) is 13.9. The third-order valence-corrected chi connectivity index (χ3v) is 8.93. The van der Waals surface area contributed by atoms with Gasteiger partial charge in [-0.15, -0.1) is 0 Å². The molecule has 1 aliphatic heterocycles. The van der Waals surface area contributed by atoms with Gasteiger partial charge in [-0.25, -0.2) is 4.67 Å². The Kier molecular flexibility index (Phi) is 6.43. The van der Waals surface area contributed by atoms with E-state index in [1.54, 1.807) is 4.67 Å². The fourth-order valence-corrected chi connectivity index (χ4v) is 8.61. The minimum atomic E-state index is -3.13. The lowest BCUT2D eigenvalue weighted by Gasteiger charge is -2.26. The summed E-state index contributed by atoms with van der Waals surface area (Å²) in [5, 5.41) is 0. The molecule has 1 fully saturated rings. The third-order valence-electron chi connectivity index (χ3n) is 3.16. The molecular formula is C12H11BrCl6NOP. The number of nitrogens with zero attached hydrogens (tertiary/aromatic N) is 1. The highest BCUT2D eigenvalue weighted by Crippen LogP contribution is 2.66. The number of hydrogen-bond acceptors (Lipinski definition) is 1. The van der Waals surface area contributed by atoms with E-state index in [-0.39, 0.29) is 18.4 Å². The first-order chi connectivity index (χ1) is 9.90. The lowest BCUT2D eigenvalue weighted by Crippen LogP contribution is -2.22. The fraction of sp³-hybridized carbons (Fsp3) is 0.500. The molecule has 124 valence electrons. The first-order valence-electron chi connectivity index (χ1n) is 6.14. The smallest absolute Gasteiger partial charge is 0.198 e. The van der Waals surface area contributed by atoms with Crippen LogP contribution in [-0.2, 0) is 4.57 Å². The average Bonchev–Trinajstić information content (AvgIpc) is 3.05. The highest BCUT2D eigenvalue weighted by molar-refractivity contribution is 9.10. The minimum Gasteiger partial charge on any atom is -0.306 e. The molecule has 2 nitrogen and oxygen atoms in total. The first kappa shape index (κ1) is 19.9. The van der Waals surface area contributed by atoms with Crippen molar-refractivity contribution in [3.63, 3.8) is 0 Å². The molecule has 0 N–H and O–H groups in total. The molecule has 1 aliphatic rings. The predicted octanol–water partition coefficient (Wildman–Crippen LogP) is 6.82. The number of benzene rings is 1. The molecule has 0 radical (unpaired) electrons. The maximum Gasteiger partial charge on any atom is 0.198 e. The Morgan fingerprint density at radius 3 is 1.91 bits per heavy atom. The Balaban J connectivity index is 2.21. The SMILES string of the molecule is O=P(CC(Cl)(Cl)Cl)(CC(Cl)(Cl)Cl)N1CC1c1ccc(Br)cc1. The van der Waals surface area contributed by atoms with E-state index in [4.69, 9.17) is 69.6 Å². The average molecular weight is 509 g/mol. The van der Waals surface area contributed by atoms with Gasteiger partial charge in [-0.05, 0) is 17.7 Å². The van der Waals surface area contributed by atoms with Gasteiger partial charge in [-0.1, -0.05) is 97.7 Å². The van der Waals surface area contributed by atoms with Crippen molar-refractivity contribution in [2.75, 3.05) is 18.9 Å². The topological polar surface area (TPSA) is 20.1 Å². The van der Waals surface area contributed by atoms with Gasteiger partial charge in [0.15, 0.2) is 14.9 Å². The highest BCUT2D eigenvalue weighted by atomic mass is 79.9. The zero-order chi connectivity index (χ0) is 16.8. The van der Waals surface area contributed by atoms with Crippen LogP contribution < -0.4 is 0 Å². The minimum absolute atomic E-state index is 0.0152. The van der Waals surface area contributed by atoms with Crippen molar-refractivity contribution in [2.45, 2.75) is 13.6 Å². The van der Waals surface area contributed by atoms with Crippen molar-refractivity contribution < 1.29 is 4.57 Å². The Bertz CT molecular complexity index is 565. The van der Waals surface area contributed by atoms with Crippen LogP contribution in [0.3, 0.4) is 0 Å². The van der Waals surface area contributed by atoms with Gasteiger partial charge in [0, 0.05) is 11.0 Å². The Labute approximate surface area is 167 Å². The summed E-state index contributed by atoms with van der Waals surface area (Å²) in [6, 6.07) is 7.72. The van der Waals surface area contributed by atoms with Crippen molar-refractivity contribution in [1.29, 1.82) is 0 Å². The van der Waals surface area contributed by atoms with Crippen molar-refractivity contribution in [3.05, 3.63) is 34.3 Å². The van der Waals surface area contributed by atoms with Gasteiger partial charge in [0.05, 0.1) is 18.4 Å². The zero-order valence-corrected chi connectivity index (χ0v) is 18.0. The predicted molar refractivity (Wildman–Crippen MR) is 102 cm³/mol. The van der Waals surface area contributed by atoms with Gasteiger partial charge in [0.1, 0.15) is 0 Å². The summed E-state index contributed by atoms with van der Waals surface area (Å²) in [5.41, 5.74) is 1.03. The molecule has 1 aromatic carbocycles. The van der Waals surface area contributed by atoms with E-state index in [2.05, 4.69) is 15.9 Å². The van der Waals surface area contributed by atoms with Crippen LogP contribution in [-0.4, -0.2) is 31.1 Å². The van der Waals surface area contributed by atoms with Crippen molar-refractivity contribution in [3.8, 4) is 0 Å². The molecule has 0 bridgehead atoms. The summed E-state index contributed by atoms with van der Waals surface area (Å²) in [6.07, 6.45) is -0.322. The van der Waals surface area contributed by atoms with Crippen LogP contribution in [0.5, 0.6) is 0 Å². The molecule has 2 rings (SSSR count). The molecule has 0 amide bonds. The summed E-state index contributed by atoms with van der Waals surface area (Å²) >= 11 is 38.4. The van der Waals surface area contributed by atoms with Crippen LogP contribution in [0.2, 0.25) is 0 Å². The maximum atomic E-state index is 13.3. The van der Waals surface area contributed by atoms with Crippen LogP contribution in [0.1, 0.15) is 11.6 Å². The fourth-order valence-electron chi connectivity index (χ4n) is 2.29. The second kappa shape index (κ2) is 7.09. The number of hydrogen-bond donors (Lipinski definition) is 0. The summed E-state index contributed by atoms with van der Waals surface area (Å²) in [5.74, 6) is 0. The van der Waals surface area contributed by atoms with E-state index in [1.807, 2.05) is 24.3 Å². The van der Waals surface area contributed by atoms with E-state index in [9.17, 15) is 4.57 Å². The largest absolute Gasteiger partial charge is 0.306 e. The molecular weight excluding hydrogens is 498 g/mol. The van der Waals surface area contributed by atoms with Gasteiger partial charge >= 0.3 is 0 Å². The highest BCUT2D eigenvalue weighted by Gasteiger charge is 2.53. The Morgan fingerprint density at radius 1 is 1.05 bits per heavy atom. The maximum absolute atomic E-state index is 13.3. The quantitative estimate of drug-likeness (QED) is 0.252. The first-order valence-corrected chi connectivity index (χ1v) is 11.2. The van der Waals surface area contributed by atoms with Crippen molar-refractivity contribution in [2.24, 2.45) is 0 Å². The molecule has 1 aromatic rings. The van der Waals surface area contributed by atoms with Crippen LogP contribution in [0.4, 0.5) is 0 Å². The van der Waals surface area contributed by atoms with Crippen LogP contribution in [0, 0.1) is 0 Å². The van der Waals surface area contributed by atoms with Gasteiger partial charge in [-0.3, -0.25) is 0 Å². The molecule has 10 heteroatoms. The lowest BCUT2D eigenvalue weighted by molar-refractivity contribution is 0.542. The Hall–Kier alpha value is 1.63. The third kappa shape index (κ3) is 5.86. The van der Waals surface area contributed by atoms with Gasteiger partial charge in [0.25, 0.3) is 0 Å². The second-order valence-electron chi connectivity index (χ2n) is 5.08. The summed E-state index contributed by atoms with van der Waals surface area (Å²) in [7, 11) is -3.13. The summed E-state index contributed by atoms with van der Waals surface area (Å²) in [4.78, 5) is 0. The molecule has 2 atom stereocenters. The van der Waals surface area contributed by atoms with Crippen LogP contribution in [0.25, 0.3) is 0 Å². The van der Waals surface area contributed by atoms with E-state index in [0.29, 0.717) is 6.54 Å². The summed E-state index contributed by atoms with van der Waals surface area (Å²) < 4.78 is 12.7. The van der Waals surface area contributed by atoms with E-state index >= 15 is 0 Å². The van der Waals surface area contributed by atoms with Gasteiger partial charge in [-0.2, -0.15) is 0 Å². The van der Waals surface area contributed by atoms with Crippen molar-refractivity contribution >= 4 is 92.8 Å². The molecule has 22 heavy (non-hydrogen) atoms. The molecule has 1 heterocycles. The van der Waals surface area contributed by atoms with Gasteiger partial charge in [0.2, 0.25) is 0 Å². The van der Waals surface area contributed by atoms with Crippen LogP contribution in [0.15, 0.2) is 28.7 Å². The monoisotopic (exact) mass is 505 g/mol. The molecule has 0 aromatic heterocycles. The van der Waals surface area contributed by atoms with Crippen molar-refractivity contribution in [1.82, 2.24) is 4.67 Å². The number of halogens is 7. The van der Waals surface area contributed by atoms with E-state index in [0.717, 1.165) is 10.0 Å². The molecule has 0 spiro atoms. The van der Waals surface area contributed by atoms with E-state index in [1.165, 1.54) is 0 Å². The molecule has 0 saturated carbocycles. The number of alkyl halides is 6. The molecule has 0 aliphatic carbocycles. The molecule has 2 unspecified atom stereocenters. The number of rotatable bonds is 4. The zero-order valence-electron chi connectivity index (χ0n) is 11.0. The molecule has 1 saturated heterocycles. The Morgan fingerprint density at radius 2 is 1.50 bits per heavy atom. The standard InChI is InChI=1S/C12H11BrCl6NOP/c13-9-3-1-8(2-4-9)10-5-20(10)22(21,6-11(14,15)16)7-12(17,18)19/h1-4,10H,5-7H2. The van der Waals surface area contributed by atoms with E-state index < -0.39 is 14.9 Å².